The lowest BCUT2D eigenvalue weighted by Gasteiger charge is -2.21. The molecule has 0 fully saturated rings. The van der Waals surface area contributed by atoms with Gasteiger partial charge in [-0.25, -0.2) is 0 Å². The molecule has 0 amide bonds. The Kier molecular flexibility index (Phi) is 3.60. The first-order chi connectivity index (χ1) is 7.36. The largest absolute Gasteiger partial charge is 0.384 e. The lowest BCUT2D eigenvalue weighted by molar-refractivity contribution is 0.161. The third-order valence-corrected chi connectivity index (χ3v) is 3.43. The summed E-state index contributed by atoms with van der Waals surface area (Å²) in [6, 6.07) is 0. The lowest BCUT2D eigenvalue weighted by atomic mass is 9.87. The van der Waals surface area contributed by atoms with Crippen LogP contribution in [0.3, 0.4) is 0 Å². The topological polar surface area (TPSA) is 18.5 Å². The molecular weight excluding hydrogens is 188 g/mol. The molecule has 0 aromatic carbocycles. The minimum absolute atomic E-state index is 0.505. The summed E-state index contributed by atoms with van der Waals surface area (Å²) in [5.41, 5.74) is 4.59. The third kappa shape index (κ3) is 2.16. The molecule has 84 valence electrons. The van der Waals surface area contributed by atoms with Crippen molar-refractivity contribution in [2.75, 3.05) is 27.4 Å². The Hall–Kier alpha value is -0.600. The summed E-state index contributed by atoms with van der Waals surface area (Å²) in [5.74, 6) is 0.505. The van der Waals surface area contributed by atoms with Gasteiger partial charge in [-0.15, -0.1) is 0 Å². The van der Waals surface area contributed by atoms with Crippen LogP contribution in [0.25, 0.3) is 0 Å². The van der Waals surface area contributed by atoms with Gasteiger partial charge in [-0.2, -0.15) is 0 Å². The minimum atomic E-state index is 0.505. The Morgan fingerprint density at radius 1 is 1.20 bits per heavy atom. The second-order valence-electron chi connectivity index (χ2n) is 4.42. The number of ether oxygens (including phenoxy) is 2. The van der Waals surface area contributed by atoms with Crippen molar-refractivity contribution in [3.05, 3.63) is 22.8 Å². The van der Waals surface area contributed by atoms with E-state index in [0.29, 0.717) is 5.92 Å². The predicted octanol–water partition coefficient (Wildman–Crippen LogP) is 2.71. The van der Waals surface area contributed by atoms with Gasteiger partial charge in [-0.05, 0) is 36.8 Å². The number of allylic oxidation sites excluding steroid dienone is 2. The molecule has 0 N–H and O–H groups in total. The van der Waals surface area contributed by atoms with Crippen molar-refractivity contribution < 1.29 is 9.47 Å². The second-order valence-corrected chi connectivity index (χ2v) is 4.42. The maximum atomic E-state index is 5.32. The molecule has 2 nitrogen and oxygen atoms in total. The Balaban J connectivity index is 2.15. The Morgan fingerprint density at radius 3 is 2.73 bits per heavy atom. The van der Waals surface area contributed by atoms with Gasteiger partial charge in [0.15, 0.2) is 0 Å². The molecule has 2 heteroatoms. The molecule has 0 aliphatic heterocycles. The SMILES string of the molecule is COCC1=CC2=C(CCCC2)C1COC. The average Bonchev–Trinajstić information content (AvgIpc) is 2.59. The standard InChI is InChI=1S/C13H20O2/c1-14-8-11-7-10-5-3-4-6-12(10)13(11)9-15-2/h7,13H,3-6,8-9H2,1-2H3. The van der Waals surface area contributed by atoms with Crippen molar-refractivity contribution in [2.45, 2.75) is 25.7 Å². The van der Waals surface area contributed by atoms with Gasteiger partial charge in [0.25, 0.3) is 0 Å². The van der Waals surface area contributed by atoms with E-state index in [4.69, 9.17) is 9.47 Å². The van der Waals surface area contributed by atoms with Gasteiger partial charge in [0.2, 0.25) is 0 Å². The van der Waals surface area contributed by atoms with Crippen LogP contribution in [0.1, 0.15) is 25.7 Å². The normalized spacial score (nSPS) is 25.5. The number of methoxy groups -OCH3 is 2. The molecule has 15 heavy (non-hydrogen) atoms. The highest BCUT2D eigenvalue weighted by Crippen LogP contribution is 2.40. The molecule has 0 radical (unpaired) electrons. The zero-order chi connectivity index (χ0) is 10.7. The Morgan fingerprint density at radius 2 is 2.00 bits per heavy atom. The van der Waals surface area contributed by atoms with Gasteiger partial charge in [0.05, 0.1) is 13.2 Å². The molecule has 0 saturated heterocycles. The molecule has 1 atom stereocenters. The predicted molar refractivity (Wildman–Crippen MR) is 60.8 cm³/mol. The van der Waals surface area contributed by atoms with Gasteiger partial charge in [0, 0.05) is 20.1 Å². The highest BCUT2D eigenvalue weighted by atomic mass is 16.5. The van der Waals surface area contributed by atoms with E-state index in [9.17, 15) is 0 Å². The van der Waals surface area contributed by atoms with Crippen molar-refractivity contribution in [1.29, 1.82) is 0 Å². The fraction of sp³-hybridized carbons (Fsp3) is 0.692. The Bertz CT molecular complexity index is 289. The van der Waals surface area contributed by atoms with E-state index in [-0.39, 0.29) is 0 Å². The van der Waals surface area contributed by atoms with E-state index in [1.54, 1.807) is 25.4 Å². The van der Waals surface area contributed by atoms with Crippen molar-refractivity contribution in [3.63, 3.8) is 0 Å². The van der Waals surface area contributed by atoms with E-state index in [1.807, 2.05) is 0 Å². The van der Waals surface area contributed by atoms with Crippen LogP contribution in [0.2, 0.25) is 0 Å². The molecule has 0 bridgehead atoms. The Labute approximate surface area is 92.0 Å². The maximum absolute atomic E-state index is 5.32. The molecule has 2 rings (SSSR count). The summed E-state index contributed by atoms with van der Waals surface area (Å²) in [7, 11) is 3.55. The fourth-order valence-electron chi connectivity index (χ4n) is 2.75. The van der Waals surface area contributed by atoms with Crippen LogP contribution >= 0.6 is 0 Å². The monoisotopic (exact) mass is 208 g/mol. The van der Waals surface area contributed by atoms with Crippen LogP contribution < -0.4 is 0 Å². The molecular formula is C13H20O2. The van der Waals surface area contributed by atoms with Gasteiger partial charge >= 0.3 is 0 Å². The molecule has 0 heterocycles. The maximum Gasteiger partial charge on any atom is 0.0682 e. The zero-order valence-corrected chi connectivity index (χ0v) is 9.71. The van der Waals surface area contributed by atoms with Crippen molar-refractivity contribution in [2.24, 2.45) is 5.92 Å². The van der Waals surface area contributed by atoms with Crippen LogP contribution in [-0.4, -0.2) is 27.4 Å². The van der Waals surface area contributed by atoms with Gasteiger partial charge in [0.1, 0.15) is 0 Å². The van der Waals surface area contributed by atoms with Crippen LogP contribution in [0.5, 0.6) is 0 Å². The summed E-state index contributed by atoms with van der Waals surface area (Å²) >= 11 is 0. The van der Waals surface area contributed by atoms with Crippen LogP contribution in [0.15, 0.2) is 22.8 Å². The van der Waals surface area contributed by atoms with E-state index in [2.05, 4.69) is 6.08 Å². The van der Waals surface area contributed by atoms with Crippen LogP contribution in [0.4, 0.5) is 0 Å². The number of rotatable bonds is 4. The first-order valence-corrected chi connectivity index (χ1v) is 5.77. The molecule has 2 aliphatic carbocycles. The highest BCUT2D eigenvalue weighted by Gasteiger charge is 2.28. The summed E-state index contributed by atoms with van der Waals surface area (Å²) in [5, 5.41) is 0. The second kappa shape index (κ2) is 4.95. The van der Waals surface area contributed by atoms with E-state index in [1.165, 1.54) is 31.3 Å². The third-order valence-electron chi connectivity index (χ3n) is 3.43. The van der Waals surface area contributed by atoms with Crippen LogP contribution in [-0.2, 0) is 9.47 Å². The summed E-state index contributed by atoms with van der Waals surface area (Å²) < 4.78 is 10.6. The van der Waals surface area contributed by atoms with Crippen molar-refractivity contribution >= 4 is 0 Å². The van der Waals surface area contributed by atoms with E-state index in [0.717, 1.165) is 13.2 Å². The molecule has 0 spiro atoms. The quantitative estimate of drug-likeness (QED) is 0.707. The lowest BCUT2D eigenvalue weighted by Crippen LogP contribution is -2.15. The average molecular weight is 208 g/mol. The summed E-state index contributed by atoms with van der Waals surface area (Å²) in [6.07, 6.45) is 7.54. The fourth-order valence-corrected chi connectivity index (χ4v) is 2.75. The van der Waals surface area contributed by atoms with Gasteiger partial charge in [-0.1, -0.05) is 11.6 Å². The minimum Gasteiger partial charge on any atom is -0.384 e. The highest BCUT2D eigenvalue weighted by molar-refractivity contribution is 5.43. The van der Waals surface area contributed by atoms with Crippen molar-refractivity contribution in [3.8, 4) is 0 Å². The first kappa shape index (κ1) is 10.9. The van der Waals surface area contributed by atoms with Crippen molar-refractivity contribution in [1.82, 2.24) is 0 Å². The smallest absolute Gasteiger partial charge is 0.0682 e. The molecule has 2 aliphatic rings. The van der Waals surface area contributed by atoms with E-state index >= 15 is 0 Å². The van der Waals surface area contributed by atoms with Gasteiger partial charge in [-0.3, -0.25) is 0 Å². The van der Waals surface area contributed by atoms with E-state index < -0.39 is 0 Å². The summed E-state index contributed by atoms with van der Waals surface area (Å²) in [4.78, 5) is 0. The first-order valence-electron chi connectivity index (χ1n) is 5.77. The zero-order valence-electron chi connectivity index (χ0n) is 9.71. The van der Waals surface area contributed by atoms with Crippen LogP contribution in [0, 0.1) is 5.92 Å². The number of hydrogen-bond acceptors (Lipinski definition) is 2. The number of hydrogen-bond donors (Lipinski definition) is 0. The molecule has 0 saturated carbocycles. The molecule has 0 aromatic rings. The molecule has 1 unspecified atom stereocenters. The van der Waals surface area contributed by atoms with Gasteiger partial charge < -0.3 is 9.47 Å². The molecule has 0 aromatic heterocycles. The summed E-state index contributed by atoms with van der Waals surface area (Å²) in [6.45, 7) is 1.56.